The van der Waals surface area contributed by atoms with Crippen molar-refractivity contribution in [1.29, 1.82) is 0 Å². The second-order valence-electron chi connectivity index (χ2n) is 3.65. The van der Waals surface area contributed by atoms with Crippen LogP contribution in [0, 0.1) is 0 Å². The minimum atomic E-state index is -0.686. The lowest BCUT2D eigenvalue weighted by Gasteiger charge is -2.10. The Morgan fingerprint density at radius 1 is 1.44 bits per heavy atom. The fourth-order valence-electron chi connectivity index (χ4n) is 1.65. The number of primary amides is 1. The molecule has 0 fully saturated rings. The first-order valence-electron chi connectivity index (χ1n) is 4.88. The van der Waals surface area contributed by atoms with E-state index in [1.807, 2.05) is 35.0 Å². The molecule has 0 bridgehead atoms. The number of aromatic nitrogens is 1. The Morgan fingerprint density at radius 3 is 2.88 bits per heavy atom. The van der Waals surface area contributed by atoms with Gasteiger partial charge in [-0.15, -0.1) is 0 Å². The van der Waals surface area contributed by atoms with Crippen molar-refractivity contribution < 1.29 is 4.79 Å². The van der Waals surface area contributed by atoms with E-state index >= 15 is 0 Å². The Labute approximate surface area is 97.8 Å². The van der Waals surface area contributed by atoms with Gasteiger partial charge in [-0.1, -0.05) is 17.7 Å². The minimum Gasteiger partial charge on any atom is -0.368 e. The number of rotatable bonds is 3. The molecule has 0 spiro atoms. The summed E-state index contributed by atoms with van der Waals surface area (Å²) in [5.41, 5.74) is 11.7. The molecule has 1 aromatic heterocycles. The van der Waals surface area contributed by atoms with Gasteiger partial charge < -0.3 is 16.0 Å². The van der Waals surface area contributed by atoms with Crippen LogP contribution in [-0.2, 0) is 11.3 Å². The first kappa shape index (κ1) is 11.0. The molecular formula is C11H12ClN3O. The zero-order chi connectivity index (χ0) is 11.7. The lowest BCUT2D eigenvalue weighted by molar-refractivity contribution is -0.119. The van der Waals surface area contributed by atoms with Crippen LogP contribution in [0.25, 0.3) is 10.9 Å². The molecule has 84 valence electrons. The molecule has 2 aromatic rings. The van der Waals surface area contributed by atoms with Crippen molar-refractivity contribution in [3.63, 3.8) is 0 Å². The maximum absolute atomic E-state index is 10.9. The molecule has 16 heavy (non-hydrogen) atoms. The molecule has 0 aliphatic rings. The van der Waals surface area contributed by atoms with Crippen molar-refractivity contribution >= 4 is 28.4 Å². The van der Waals surface area contributed by atoms with Gasteiger partial charge >= 0.3 is 0 Å². The Balaban J connectivity index is 2.39. The number of carbonyl (C=O) groups excluding carboxylic acids is 1. The van der Waals surface area contributed by atoms with Crippen LogP contribution < -0.4 is 11.5 Å². The summed E-state index contributed by atoms with van der Waals surface area (Å²) in [4.78, 5) is 10.9. The highest BCUT2D eigenvalue weighted by molar-refractivity contribution is 6.35. The number of nitrogens with two attached hydrogens (primary N) is 2. The summed E-state index contributed by atoms with van der Waals surface area (Å²) in [5, 5.41) is 1.63. The van der Waals surface area contributed by atoms with Crippen LogP contribution >= 0.6 is 11.6 Å². The van der Waals surface area contributed by atoms with Gasteiger partial charge in [0.25, 0.3) is 0 Å². The summed E-state index contributed by atoms with van der Waals surface area (Å²) in [6.45, 7) is 0.360. The SMILES string of the molecule is NC(=O)C(N)Cn1ccc2c(Cl)cccc21. The van der Waals surface area contributed by atoms with E-state index in [2.05, 4.69) is 0 Å². The lowest BCUT2D eigenvalue weighted by atomic mass is 10.2. The normalized spacial score (nSPS) is 12.9. The summed E-state index contributed by atoms with van der Waals surface area (Å²) in [5.74, 6) is -0.510. The molecule has 1 amide bonds. The number of hydrogen-bond donors (Lipinski definition) is 2. The lowest BCUT2D eigenvalue weighted by Crippen LogP contribution is -2.39. The van der Waals surface area contributed by atoms with Gasteiger partial charge in [0, 0.05) is 28.7 Å². The van der Waals surface area contributed by atoms with Crippen molar-refractivity contribution in [2.24, 2.45) is 11.5 Å². The Morgan fingerprint density at radius 2 is 2.19 bits per heavy atom. The van der Waals surface area contributed by atoms with Crippen LogP contribution in [0.5, 0.6) is 0 Å². The predicted molar refractivity (Wildman–Crippen MR) is 64.1 cm³/mol. The average Bonchev–Trinajstić information content (AvgIpc) is 2.63. The molecule has 4 N–H and O–H groups in total. The van der Waals surface area contributed by atoms with Crippen LogP contribution in [0.2, 0.25) is 5.02 Å². The largest absolute Gasteiger partial charge is 0.368 e. The van der Waals surface area contributed by atoms with Gasteiger partial charge in [0.1, 0.15) is 6.04 Å². The second-order valence-corrected chi connectivity index (χ2v) is 4.06. The number of carbonyl (C=O) groups is 1. The van der Waals surface area contributed by atoms with Crippen molar-refractivity contribution in [2.45, 2.75) is 12.6 Å². The Kier molecular flexibility index (Phi) is 2.85. The molecule has 4 nitrogen and oxygen atoms in total. The van der Waals surface area contributed by atoms with Crippen LogP contribution in [0.15, 0.2) is 30.5 Å². The predicted octanol–water partition coefficient (Wildman–Crippen LogP) is 1.11. The van der Waals surface area contributed by atoms with E-state index < -0.39 is 11.9 Å². The summed E-state index contributed by atoms with van der Waals surface area (Å²) in [7, 11) is 0. The fraction of sp³-hybridized carbons (Fsp3) is 0.182. The zero-order valence-corrected chi connectivity index (χ0v) is 9.32. The van der Waals surface area contributed by atoms with E-state index in [1.54, 1.807) is 0 Å². The van der Waals surface area contributed by atoms with Crippen molar-refractivity contribution in [3.8, 4) is 0 Å². The number of fused-ring (bicyclic) bond motifs is 1. The zero-order valence-electron chi connectivity index (χ0n) is 8.56. The monoisotopic (exact) mass is 237 g/mol. The molecule has 1 aromatic carbocycles. The molecule has 1 heterocycles. The first-order chi connectivity index (χ1) is 7.59. The summed E-state index contributed by atoms with van der Waals surface area (Å²) < 4.78 is 1.87. The van der Waals surface area contributed by atoms with Gasteiger partial charge in [-0.25, -0.2) is 0 Å². The van der Waals surface area contributed by atoms with Gasteiger partial charge in [-0.2, -0.15) is 0 Å². The third-order valence-corrected chi connectivity index (χ3v) is 2.85. The number of hydrogen-bond acceptors (Lipinski definition) is 2. The molecule has 5 heteroatoms. The van der Waals surface area contributed by atoms with Crippen LogP contribution in [0.4, 0.5) is 0 Å². The maximum Gasteiger partial charge on any atom is 0.236 e. The van der Waals surface area contributed by atoms with Gasteiger partial charge in [0.2, 0.25) is 5.91 Å². The van der Waals surface area contributed by atoms with Gasteiger partial charge in [0.15, 0.2) is 0 Å². The van der Waals surface area contributed by atoms with Gasteiger partial charge in [-0.3, -0.25) is 4.79 Å². The highest BCUT2D eigenvalue weighted by Crippen LogP contribution is 2.24. The first-order valence-corrected chi connectivity index (χ1v) is 5.25. The molecule has 1 unspecified atom stereocenters. The second kappa shape index (κ2) is 4.15. The number of halogens is 1. The van der Waals surface area contributed by atoms with Crippen molar-refractivity contribution in [1.82, 2.24) is 4.57 Å². The fourth-order valence-corrected chi connectivity index (χ4v) is 1.88. The molecule has 2 rings (SSSR count). The molecule has 1 atom stereocenters. The molecule has 0 aliphatic heterocycles. The van der Waals surface area contributed by atoms with E-state index in [1.165, 1.54) is 0 Å². The maximum atomic E-state index is 10.9. The topological polar surface area (TPSA) is 74.0 Å². The van der Waals surface area contributed by atoms with Crippen LogP contribution in [-0.4, -0.2) is 16.5 Å². The number of nitrogens with zero attached hydrogens (tertiary/aromatic N) is 1. The number of amides is 1. The molecule has 0 saturated carbocycles. The van der Waals surface area contributed by atoms with E-state index in [0.29, 0.717) is 11.6 Å². The Bertz CT molecular complexity index is 535. The van der Waals surface area contributed by atoms with Gasteiger partial charge in [0.05, 0.1) is 0 Å². The molecule has 0 aliphatic carbocycles. The van der Waals surface area contributed by atoms with E-state index in [4.69, 9.17) is 23.1 Å². The standard InChI is InChI=1S/C11H12ClN3O/c12-8-2-1-3-10-7(8)4-5-15(10)6-9(13)11(14)16/h1-5,9H,6,13H2,(H2,14,16). The Hall–Kier alpha value is -1.52. The van der Waals surface area contributed by atoms with E-state index in [9.17, 15) is 4.79 Å². The molecular weight excluding hydrogens is 226 g/mol. The van der Waals surface area contributed by atoms with E-state index in [-0.39, 0.29) is 0 Å². The van der Waals surface area contributed by atoms with Crippen molar-refractivity contribution in [3.05, 3.63) is 35.5 Å². The highest BCUT2D eigenvalue weighted by atomic mass is 35.5. The van der Waals surface area contributed by atoms with Gasteiger partial charge in [-0.05, 0) is 18.2 Å². The molecule has 0 saturated heterocycles. The number of benzene rings is 1. The minimum absolute atomic E-state index is 0.360. The van der Waals surface area contributed by atoms with Crippen LogP contribution in [0.3, 0.4) is 0 Å². The smallest absolute Gasteiger partial charge is 0.236 e. The third kappa shape index (κ3) is 1.89. The quantitative estimate of drug-likeness (QED) is 0.839. The average molecular weight is 238 g/mol. The summed E-state index contributed by atoms with van der Waals surface area (Å²) in [6.07, 6.45) is 1.85. The van der Waals surface area contributed by atoms with Crippen molar-refractivity contribution in [2.75, 3.05) is 0 Å². The van der Waals surface area contributed by atoms with Crippen LogP contribution in [0.1, 0.15) is 0 Å². The molecule has 0 radical (unpaired) electrons. The summed E-state index contributed by atoms with van der Waals surface area (Å²) in [6, 6.07) is 6.81. The third-order valence-electron chi connectivity index (χ3n) is 2.52. The van der Waals surface area contributed by atoms with E-state index in [0.717, 1.165) is 10.9 Å². The highest BCUT2D eigenvalue weighted by Gasteiger charge is 2.11. The summed E-state index contributed by atoms with van der Waals surface area (Å²) >= 11 is 6.03.